The Hall–Kier alpha value is -1.23. The maximum absolute atomic E-state index is 4.32. The van der Waals surface area contributed by atoms with Crippen molar-refractivity contribution in [2.24, 2.45) is 0 Å². The Balaban J connectivity index is 1.89. The van der Waals surface area contributed by atoms with E-state index in [1.807, 2.05) is 5.51 Å². The maximum Gasteiger partial charge on any atom is 0.0798 e. The second kappa shape index (κ2) is 8.27. The van der Waals surface area contributed by atoms with Crippen molar-refractivity contribution in [3.8, 4) is 0 Å². The topological polar surface area (TPSA) is 28.2 Å². The van der Waals surface area contributed by atoms with Crippen molar-refractivity contribution < 1.29 is 0 Å². The molecule has 1 aromatic heterocycles. The van der Waals surface area contributed by atoms with E-state index in [2.05, 4.69) is 60.4 Å². The number of benzene rings is 1. The number of thiazole rings is 1. The van der Waals surface area contributed by atoms with Gasteiger partial charge in [-0.05, 0) is 38.1 Å². The van der Waals surface area contributed by atoms with Crippen molar-refractivity contribution in [1.82, 2.24) is 15.2 Å². The first kappa shape index (κ1) is 16.1. The summed E-state index contributed by atoms with van der Waals surface area (Å²) in [6.07, 6.45) is 1.18. The lowest BCUT2D eigenvalue weighted by atomic mass is 10.1. The highest BCUT2D eigenvalue weighted by atomic mass is 32.1. The molecule has 2 rings (SSSR count). The number of nitrogens with zero attached hydrogens (tertiary/aromatic N) is 2. The van der Waals surface area contributed by atoms with Crippen LogP contribution in [0.25, 0.3) is 0 Å². The fraction of sp³-hybridized carbons (Fsp3) is 0.471. The van der Waals surface area contributed by atoms with E-state index in [0.29, 0.717) is 0 Å². The van der Waals surface area contributed by atoms with Crippen molar-refractivity contribution in [3.63, 3.8) is 0 Å². The van der Waals surface area contributed by atoms with Crippen LogP contribution in [-0.2, 0) is 19.6 Å². The van der Waals surface area contributed by atoms with Crippen LogP contribution in [0.15, 0.2) is 29.8 Å². The second-order valence-electron chi connectivity index (χ2n) is 5.53. The molecular formula is C17H25N3S. The van der Waals surface area contributed by atoms with Gasteiger partial charge in [-0.3, -0.25) is 4.90 Å². The smallest absolute Gasteiger partial charge is 0.0798 e. The second-order valence-corrected chi connectivity index (χ2v) is 6.47. The van der Waals surface area contributed by atoms with E-state index in [-0.39, 0.29) is 0 Å². The Kier molecular flexibility index (Phi) is 6.36. The Morgan fingerprint density at radius 3 is 2.76 bits per heavy atom. The first-order valence-corrected chi connectivity index (χ1v) is 8.43. The molecule has 0 saturated carbocycles. The van der Waals surface area contributed by atoms with Gasteiger partial charge in [-0.1, -0.05) is 31.2 Å². The van der Waals surface area contributed by atoms with Crippen LogP contribution in [0, 0.1) is 6.92 Å². The van der Waals surface area contributed by atoms with Crippen LogP contribution >= 0.6 is 11.3 Å². The van der Waals surface area contributed by atoms with Crippen LogP contribution < -0.4 is 5.32 Å². The van der Waals surface area contributed by atoms with Crippen LogP contribution in [-0.4, -0.2) is 23.5 Å². The molecule has 0 spiro atoms. The predicted octanol–water partition coefficient (Wildman–Crippen LogP) is 3.58. The van der Waals surface area contributed by atoms with E-state index in [9.17, 15) is 0 Å². The van der Waals surface area contributed by atoms with Gasteiger partial charge in [0.2, 0.25) is 0 Å². The largest absolute Gasteiger partial charge is 0.313 e. The molecule has 0 fully saturated rings. The summed E-state index contributed by atoms with van der Waals surface area (Å²) in [6.45, 7) is 8.25. The SMILES string of the molecule is CCCNCc1cccc(CN(C)Cc2scnc2C)c1. The molecule has 0 aliphatic rings. The van der Waals surface area contributed by atoms with Crippen LogP contribution in [0.3, 0.4) is 0 Å². The number of hydrogen-bond acceptors (Lipinski definition) is 4. The molecule has 1 N–H and O–H groups in total. The predicted molar refractivity (Wildman–Crippen MR) is 90.5 cm³/mol. The molecule has 3 nitrogen and oxygen atoms in total. The van der Waals surface area contributed by atoms with Gasteiger partial charge in [0.1, 0.15) is 0 Å². The minimum atomic E-state index is 0.958. The average Bonchev–Trinajstić information content (AvgIpc) is 2.85. The molecule has 0 amide bonds. The van der Waals surface area contributed by atoms with E-state index in [4.69, 9.17) is 0 Å². The average molecular weight is 303 g/mol. The molecule has 0 radical (unpaired) electrons. The van der Waals surface area contributed by atoms with Gasteiger partial charge >= 0.3 is 0 Å². The fourth-order valence-corrected chi connectivity index (χ4v) is 3.19. The molecule has 1 aromatic carbocycles. The zero-order chi connectivity index (χ0) is 15.1. The van der Waals surface area contributed by atoms with Crippen LogP contribution in [0.2, 0.25) is 0 Å². The highest BCUT2D eigenvalue weighted by molar-refractivity contribution is 7.09. The third-order valence-electron chi connectivity index (χ3n) is 3.46. The molecular weight excluding hydrogens is 278 g/mol. The van der Waals surface area contributed by atoms with Gasteiger partial charge in [0.25, 0.3) is 0 Å². The van der Waals surface area contributed by atoms with E-state index in [0.717, 1.165) is 31.9 Å². The minimum Gasteiger partial charge on any atom is -0.313 e. The molecule has 0 unspecified atom stereocenters. The first-order chi connectivity index (χ1) is 10.2. The third kappa shape index (κ3) is 5.23. The molecule has 4 heteroatoms. The molecule has 0 aliphatic heterocycles. The number of nitrogens with one attached hydrogen (secondary N) is 1. The van der Waals surface area contributed by atoms with Gasteiger partial charge < -0.3 is 5.32 Å². The lowest BCUT2D eigenvalue weighted by molar-refractivity contribution is 0.321. The Morgan fingerprint density at radius 1 is 1.24 bits per heavy atom. The zero-order valence-electron chi connectivity index (χ0n) is 13.2. The van der Waals surface area contributed by atoms with Gasteiger partial charge in [-0.25, -0.2) is 4.98 Å². The van der Waals surface area contributed by atoms with Gasteiger partial charge in [0, 0.05) is 24.5 Å². The van der Waals surface area contributed by atoms with Crippen molar-refractivity contribution in [2.45, 2.75) is 39.9 Å². The summed E-state index contributed by atoms with van der Waals surface area (Å²) in [5.41, 5.74) is 5.82. The lowest BCUT2D eigenvalue weighted by Gasteiger charge is -2.16. The van der Waals surface area contributed by atoms with Gasteiger partial charge in [-0.15, -0.1) is 11.3 Å². The summed E-state index contributed by atoms with van der Waals surface area (Å²) in [6, 6.07) is 8.86. The Labute approximate surface area is 132 Å². The van der Waals surface area contributed by atoms with Crippen LogP contribution in [0.5, 0.6) is 0 Å². The molecule has 2 aromatic rings. The Morgan fingerprint density at radius 2 is 2.05 bits per heavy atom. The molecule has 0 atom stereocenters. The summed E-state index contributed by atoms with van der Waals surface area (Å²) in [5.74, 6) is 0. The van der Waals surface area contributed by atoms with E-state index >= 15 is 0 Å². The van der Waals surface area contributed by atoms with Gasteiger partial charge in [-0.2, -0.15) is 0 Å². The monoisotopic (exact) mass is 303 g/mol. The number of aryl methyl sites for hydroxylation is 1. The van der Waals surface area contributed by atoms with Crippen molar-refractivity contribution in [1.29, 1.82) is 0 Å². The minimum absolute atomic E-state index is 0.958. The number of rotatable bonds is 8. The third-order valence-corrected chi connectivity index (χ3v) is 4.38. The van der Waals surface area contributed by atoms with Crippen molar-refractivity contribution >= 4 is 11.3 Å². The molecule has 0 bridgehead atoms. The molecule has 114 valence electrons. The van der Waals surface area contributed by atoms with Crippen molar-refractivity contribution in [3.05, 3.63) is 51.5 Å². The summed E-state index contributed by atoms with van der Waals surface area (Å²) in [5, 5.41) is 3.46. The maximum atomic E-state index is 4.32. The molecule has 21 heavy (non-hydrogen) atoms. The highest BCUT2D eigenvalue weighted by Crippen LogP contribution is 2.16. The normalized spacial score (nSPS) is 11.2. The lowest BCUT2D eigenvalue weighted by Crippen LogP contribution is -2.18. The van der Waals surface area contributed by atoms with E-state index < -0.39 is 0 Å². The van der Waals surface area contributed by atoms with Gasteiger partial charge in [0.15, 0.2) is 0 Å². The van der Waals surface area contributed by atoms with E-state index in [1.54, 1.807) is 11.3 Å². The highest BCUT2D eigenvalue weighted by Gasteiger charge is 2.06. The van der Waals surface area contributed by atoms with Crippen LogP contribution in [0.4, 0.5) is 0 Å². The van der Waals surface area contributed by atoms with Gasteiger partial charge in [0.05, 0.1) is 11.2 Å². The van der Waals surface area contributed by atoms with Crippen LogP contribution in [0.1, 0.15) is 35.0 Å². The van der Waals surface area contributed by atoms with Crippen molar-refractivity contribution in [2.75, 3.05) is 13.6 Å². The molecule has 0 saturated heterocycles. The number of hydrogen-bond donors (Lipinski definition) is 1. The first-order valence-electron chi connectivity index (χ1n) is 7.55. The summed E-state index contributed by atoms with van der Waals surface area (Å²) in [4.78, 5) is 8.02. The van der Waals surface area contributed by atoms with E-state index in [1.165, 1.54) is 22.4 Å². The standard InChI is InChI=1S/C17H25N3S/c1-4-8-18-10-15-6-5-7-16(9-15)11-20(3)12-17-14(2)19-13-21-17/h5-7,9,13,18H,4,8,10-12H2,1-3H3. The molecule has 0 aliphatic carbocycles. The quantitative estimate of drug-likeness (QED) is 0.756. The summed E-state index contributed by atoms with van der Waals surface area (Å²) < 4.78 is 0. The molecule has 1 heterocycles. The Bertz CT molecular complexity index is 550. The number of aromatic nitrogens is 1. The summed E-state index contributed by atoms with van der Waals surface area (Å²) in [7, 11) is 2.17. The zero-order valence-corrected chi connectivity index (χ0v) is 14.0. The fourth-order valence-electron chi connectivity index (χ4n) is 2.34. The summed E-state index contributed by atoms with van der Waals surface area (Å²) >= 11 is 1.74.